The van der Waals surface area contributed by atoms with E-state index >= 15 is 0 Å². The van der Waals surface area contributed by atoms with E-state index in [-0.39, 0.29) is 28.5 Å². The number of oxazole rings is 1. The topological polar surface area (TPSA) is 118 Å². The Kier molecular flexibility index (Phi) is 5.12. The number of halogens is 3. The molecule has 0 aliphatic carbocycles. The quantitative estimate of drug-likeness (QED) is 0.271. The van der Waals surface area contributed by atoms with Crippen LogP contribution in [0, 0.1) is 0 Å². The molecule has 1 atom stereocenters. The van der Waals surface area contributed by atoms with Gasteiger partial charge in [0.1, 0.15) is 5.58 Å². The van der Waals surface area contributed by atoms with E-state index in [2.05, 4.69) is 15.0 Å². The van der Waals surface area contributed by atoms with Crippen LogP contribution >= 0.6 is 0 Å². The molecule has 0 aliphatic rings. The first-order valence-electron chi connectivity index (χ1n) is 10.2. The summed E-state index contributed by atoms with van der Waals surface area (Å²) in [5, 5.41) is 6.89. The number of hydrogen-bond donors (Lipinski definition) is 3. The van der Waals surface area contributed by atoms with E-state index in [9.17, 15) is 13.2 Å². The summed E-state index contributed by atoms with van der Waals surface area (Å²) in [5.41, 5.74) is 7.96. The summed E-state index contributed by atoms with van der Waals surface area (Å²) in [6.07, 6.45) is -0.503. The lowest BCUT2D eigenvalue weighted by atomic mass is 9.87. The summed E-state index contributed by atoms with van der Waals surface area (Å²) in [6, 6.07) is 14.2. The van der Waals surface area contributed by atoms with Gasteiger partial charge in [0, 0.05) is 12.4 Å². The molecule has 10 heteroatoms. The number of fused-ring (bicyclic) bond motifs is 3. The molecule has 0 aliphatic heterocycles. The lowest BCUT2D eigenvalue weighted by Crippen LogP contribution is -2.70. The van der Waals surface area contributed by atoms with Crippen LogP contribution in [0.4, 0.5) is 19.2 Å². The van der Waals surface area contributed by atoms with Gasteiger partial charge in [-0.25, -0.2) is 4.99 Å². The van der Waals surface area contributed by atoms with Crippen molar-refractivity contribution in [1.82, 2.24) is 9.97 Å². The van der Waals surface area contributed by atoms with Gasteiger partial charge in [0.25, 0.3) is 0 Å². The number of aromatic nitrogens is 2. The van der Waals surface area contributed by atoms with Crippen molar-refractivity contribution in [1.29, 1.82) is 0 Å². The predicted octanol–water partition coefficient (Wildman–Crippen LogP) is 1.98. The molecule has 5 N–H and O–H groups in total. The van der Waals surface area contributed by atoms with Crippen LogP contribution in [0.5, 0.6) is 0 Å². The number of furan rings is 1. The van der Waals surface area contributed by atoms with Gasteiger partial charge in [0.15, 0.2) is 22.7 Å². The van der Waals surface area contributed by atoms with Gasteiger partial charge in [-0.15, -0.1) is 0 Å². The average molecular weight is 465 g/mol. The summed E-state index contributed by atoms with van der Waals surface area (Å²) in [4.78, 5) is 11.0. The Morgan fingerprint density at radius 3 is 2.41 bits per heavy atom. The van der Waals surface area contributed by atoms with Crippen molar-refractivity contribution in [3.05, 3.63) is 89.9 Å². The van der Waals surface area contributed by atoms with Crippen LogP contribution in [0.1, 0.15) is 22.6 Å². The van der Waals surface area contributed by atoms with E-state index in [0.29, 0.717) is 16.7 Å². The molecule has 5 aromatic rings. The highest BCUT2D eigenvalue weighted by atomic mass is 19.4. The van der Waals surface area contributed by atoms with Crippen molar-refractivity contribution in [2.75, 3.05) is 0 Å². The van der Waals surface area contributed by atoms with E-state index in [1.807, 2.05) is 0 Å². The van der Waals surface area contributed by atoms with Crippen molar-refractivity contribution in [3.8, 4) is 0 Å². The third-order valence-corrected chi connectivity index (χ3v) is 5.44. The number of benzene rings is 2. The van der Waals surface area contributed by atoms with Crippen LogP contribution in [-0.2, 0) is 0 Å². The molecule has 0 radical (unpaired) electrons. The zero-order valence-electron chi connectivity index (χ0n) is 17.5. The molecule has 0 bridgehead atoms. The van der Waals surface area contributed by atoms with Gasteiger partial charge in [-0.05, 0) is 48.0 Å². The van der Waals surface area contributed by atoms with Gasteiger partial charge < -0.3 is 14.6 Å². The molecule has 3 aromatic heterocycles. The van der Waals surface area contributed by atoms with Crippen molar-refractivity contribution in [2.45, 2.75) is 12.1 Å². The number of amidine groups is 1. The second-order valence-corrected chi connectivity index (χ2v) is 7.56. The van der Waals surface area contributed by atoms with E-state index in [4.69, 9.17) is 20.0 Å². The monoisotopic (exact) mass is 465 g/mol. The number of hydrogen-bond acceptors (Lipinski definition) is 4. The number of nitrogen functional groups attached to an aromatic ring is 1. The first-order chi connectivity index (χ1) is 16.3. The van der Waals surface area contributed by atoms with Crippen LogP contribution < -0.4 is 16.1 Å². The largest absolute Gasteiger partial charge is 0.464 e. The molecule has 170 valence electrons. The average Bonchev–Trinajstić information content (AvgIpc) is 3.45. The van der Waals surface area contributed by atoms with Crippen LogP contribution in [0.15, 0.2) is 82.1 Å². The Bertz CT molecular complexity index is 1540. The Hall–Kier alpha value is -4.47. The zero-order chi connectivity index (χ0) is 23.9. The van der Waals surface area contributed by atoms with Crippen LogP contribution in [0.25, 0.3) is 22.1 Å². The summed E-state index contributed by atoms with van der Waals surface area (Å²) in [6.45, 7) is 0. The van der Waals surface area contributed by atoms with Gasteiger partial charge >= 0.3 is 12.2 Å². The van der Waals surface area contributed by atoms with Gasteiger partial charge in [-0.3, -0.25) is 10.4 Å². The Balaban J connectivity index is 1.56. The molecule has 3 heterocycles. The number of nitrogens with one attached hydrogen (secondary N) is 1. The summed E-state index contributed by atoms with van der Waals surface area (Å²) >= 11 is 0. The molecule has 2 aromatic carbocycles. The number of pyridine rings is 1. The van der Waals surface area contributed by atoms with Gasteiger partial charge in [0.2, 0.25) is 5.84 Å². The summed E-state index contributed by atoms with van der Waals surface area (Å²) in [7, 11) is 0. The smallest absolute Gasteiger partial charge is 0.438 e. The molecule has 0 saturated carbocycles. The van der Waals surface area contributed by atoms with Crippen LogP contribution in [0.3, 0.4) is 0 Å². The molecule has 0 saturated heterocycles. The van der Waals surface area contributed by atoms with E-state index in [0.717, 1.165) is 5.39 Å². The van der Waals surface area contributed by atoms with E-state index < -0.39 is 17.8 Å². The molecular formula is C24H18F3N5O2+2. The Labute approximate surface area is 190 Å². The molecule has 1 unspecified atom stereocenters. The van der Waals surface area contributed by atoms with Crippen molar-refractivity contribution >= 4 is 39.6 Å². The maximum Gasteiger partial charge on any atom is 0.438 e. The third-order valence-electron chi connectivity index (χ3n) is 5.44. The number of nitrogens with zero attached hydrogens (tertiary/aromatic N) is 2. The fourth-order valence-corrected chi connectivity index (χ4v) is 3.90. The Morgan fingerprint density at radius 2 is 1.68 bits per heavy atom. The maximum atomic E-state index is 14.0. The summed E-state index contributed by atoms with van der Waals surface area (Å²) in [5.74, 6) is -2.01. The predicted molar refractivity (Wildman–Crippen MR) is 118 cm³/mol. The molecular weight excluding hydrogens is 447 g/mol. The SMILES string of the molecule is N/C(=[NH+]\c1nc2c(ccc3occc32)o1)c1ccccc1C(=[NH2+])C(c1ccncc1)C(F)(F)F. The third kappa shape index (κ3) is 3.79. The van der Waals surface area contributed by atoms with Gasteiger partial charge in [-0.2, -0.15) is 13.2 Å². The van der Waals surface area contributed by atoms with Crippen LogP contribution in [-0.4, -0.2) is 27.7 Å². The molecule has 7 nitrogen and oxygen atoms in total. The lowest BCUT2D eigenvalue weighted by Gasteiger charge is -2.19. The molecule has 34 heavy (non-hydrogen) atoms. The molecule has 0 fully saturated rings. The van der Waals surface area contributed by atoms with Crippen molar-refractivity contribution in [3.63, 3.8) is 0 Å². The zero-order valence-corrected chi connectivity index (χ0v) is 17.5. The van der Waals surface area contributed by atoms with Crippen molar-refractivity contribution in [2.24, 2.45) is 5.73 Å². The Morgan fingerprint density at radius 1 is 0.971 bits per heavy atom. The minimum absolute atomic E-state index is 0.0237. The highest BCUT2D eigenvalue weighted by Gasteiger charge is 2.47. The number of rotatable bonds is 5. The molecule has 5 rings (SSSR count). The fraction of sp³-hybridized carbons (Fsp3) is 0.0833. The fourth-order valence-electron chi connectivity index (χ4n) is 3.90. The number of alkyl halides is 3. The normalized spacial score (nSPS) is 13.4. The van der Waals surface area contributed by atoms with Gasteiger partial charge in [0.05, 0.1) is 22.8 Å². The van der Waals surface area contributed by atoms with Crippen LogP contribution in [0.2, 0.25) is 0 Å². The molecule has 0 spiro atoms. The van der Waals surface area contributed by atoms with E-state index in [1.165, 1.54) is 30.6 Å². The first kappa shape index (κ1) is 21.4. The standard InChI is InChI=1S/C24H16F3N5O2/c25-24(26,27)19(13-7-10-30-11-8-13)20(28)14-3-1-2-4-15(14)22(29)32-23-31-21-16-9-12-33-17(16)5-6-18(21)34-23/h1-12,19,28H,(H2,29,31,32)/p+2. The number of nitrogens with two attached hydrogens (primary N) is 2. The lowest BCUT2D eigenvalue weighted by molar-refractivity contribution is -0.378. The second-order valence-electron chi connectivity index (χ2n) is 7.56. The molecule has 0 amide bonds. The second kappa shape index (κ2) is 8.14. The highest BCUT2D eigenvalue weighted by Crippen LogP contribution is 2.36. The minimum atomic E-state index is -4.63. The maximum absolute atomic E-state index is 14.0. The first-order valence-corrected chi connectivity index (χ1v) is 10.2. The summed E-state index contributed by atoms with van der Waals surface area (Å²) < 4.78 is 53.2. The highest BCUT2D eigenvalue weighted by molar-refractivity contribution is 6.10. The minimum Gasteiger partial charge on any atom is -0.464 e. The van der Waals surface area contributed by atoms with Gasteiger partial charge in [-0.1, -0.05) is 17.1 Å². The van der Waals surface area contributed by atoms with E-state index in [1.54, 1.807) is 42.7 Å². The van der Waals surface area contributed by atoms with Crippen molar-refractivity contribution < 1.29 is 32.4 Å².